The lowest BCUT2D eigenvalue weighted by atomic mass is 10.0. The fourth-order valence-corrected chi connectivity index (χ4v) is 2.69. The van der Waals surface area contributed by atoms with Crippen molar-refractivity contribution in [3.8, 4) is 0 Å². The van der Waals surface area contributed by atoms with Gasteiger partial charge in [0.05, 0.1) is 18.0 Å². The van der Waals surface area contributed by atoms with E-state index in [0.717, 1.165) is 39.0 Å². The number of rotatable bonds is 5. The van der Waals surface area contributed by atoms with Gasteiger partial charge < -0.3 is 9.64 Å². The Balaban J connectivity index is 2.31. The molecule has 0 spiro atoms. The summed E-state index contributed by atoms with van der Waals surface area (Å²) in [6.07, 6.45) is 4.43. The van der Waals surface area contributed by atoms with Crippen LogP contribution >= 0.6 is 0 Å². The van der Waals surface area contributed by atoms with E-state index >= 15 is 0 Å². The quantitative estimate of drug-likeness (QED) is 0.801. The molecule has 1 aliphatic rings. The minimum atomic E-state index is 0.788. The van der Waals surface area contributed by atoms with Gasteiger partial charge in [0.2, 0.25) is 0 Å². The third kappa shape index (κ3) is 2.66. The topological polar surface area (TPSA) is 25.4 Å². The molecule has 0 aliphatic carbocycles. The van der Waals surface area contributed by atoms with Gasteiger partial charge in [-0.1, -0.05) is 13.8 Å². The average Bonchev–Trinajstić information content (AvgIpc) is 2.43. The maximum Gasteiger partial charge on any atom is 0.0640 e. The van der Waals surface area contributed by atoms with E-state index in [4.69, 9.17) is 9.72 Å². The predicted molar refractivity (Wildman–Crippen MR) is 75.4 cm³/mol. The molecule has 2 rings (SSSR count). The van der Waals surface area contributed by atoms with E-state index in [1.165, 1.54) is 29.1 Å². The van der Waals surface area contributed by atoms with Gasteiger partial charge >= 0.3 is 0 Å². The first-order valence-corrected chi connectivity index (χ1v) is 7.05. The second-order valence-corrected chi connectivity index (χ2v) is 4.85. The van der Waals surface area contributed by atoms with Crippen LogP contribution in [0.3, 0.4) is 0 Å². The molecule has 0 aromatic carbocycles. The third-order valence-corrected chi connectivity index (χ3v) is 3.71. The van der Waals surface area contributed by atoms with Crippen molar-refractivity contribution in [3.63, 3.8) is 0 Å². The summed E-state index contributed by atoms with van der Waals surface area (Å²) in [4.78, 5) is 7.30. The molecule has 0 unspecified atom stereocenters. The number of hydrogen-bond acceptors (Lipinski definition) is 3. The van der Waals surface area contributed by atoms with Crippen molar-refractivity contribution in [2.24, 2.45) is 0 Å². The van der Waals surface area contributed by atoms with Gasteiger partial charge in [-0.15, -0.1) is 0 Å². The summed E-state index contributed by atoms with van der Waals surface area (Å²) in [5, 5.41) is 0. The Morgan fingerprint density at radius 1 is 1.33 bits per heavy atom. The number of pyridine rings is 1. The zero-order chi connectivity index (χ0) is 13.0. The van der Waals surface area contributed by atoms with Crippen LogP contribution in [-0.2, 0) is 24.0 Å². The highest BCUT2D eigenvalue weighted by atomic mass is 16.5. The largest absolute Gasteiger partial charge is 0.383 e. The van der Waals surface area contributed by atoms with Gasteiger partial charge in [-0.3, -0.25) is 4.98 Å². The Kier molecular flexibility index (Phi) is 4.59. The van der Waals surface area contributed by atoms with Crippen molar-refractivity contribution in [3.05, 3.63) is 23.0 Å². The number of aryl methyl sites for hydroxylation is 3. The molecule has 100 valence electrons. The van der Waals surface area contributed by atoms with Crippen LogP contribution in [0.15, 0.2) is 6.07 Å². The van der Waals surface area contributed by atoms with Crippen LogP contribution < -0.4 is 4.90 Å². The smallest absolute Gasteiger partial charge is 0.0640 e. The predicted octanol–water partition coefficient (Wildman–Crippen LogP) is 2.61. The lowest BCUT2D eigenvalue weighted by molar-refractivity contribution is 0.205. The minimum absolute atomic E-state index is 0.788. The summed E-state index contributed by atoms with van der Waals surface area (Å²) in [6, 6.07) is 2.36. The van der Waals surface area contributed by atoms with Crippen molar-refractivity contribution in [2.45, 2.75) is 39.5 Å². The molecule has 1 aromatic heterocycles. The van der Waals surface area contributed by atoms with E-state index in [-0.39, 0.29) is 0 Å². The summed E-state index contributed by atoms with van der Waals surface area (Å²) >= 11 is 0. The van der Waals surface area contributed by atoms with Gasteiger partial charge in [-0.25, -0.2) is 0 Å². The molecule has 1 aromatic rings. The Bertz CT molecular complexity index is 404. The van der Waals surface area contributed by atoms with Gasteiger partial charge in [-0.2, -0.15) is 0 Å². The van der Waals surface area contributed by atoms with Crippen LogP contribution in [0.5, 0.6) is 0 Å². The number of anilines is 1. The maximum atomic E-state index is 5.20. The first-order valence-electron chi connectivity index (χ1n) is 7.05. The van der Waals surface area contributed by atoms with Crippen molar-refractivity contribution in [1.82, 2.24) is 4.98 Å². The molecule has 2 heterocycles. The Morgan fingerprint density at radius 3 is 2.83 bits per heavy atom. The van der Waals surface area contributed by atoms with Crippen molar-refractivity contribution < 1.29 is 4.74 Å². The van der Waals surface area contributed by atoms with Gasteiger partial charge in [-0.05, 0) is 37.3 Å². The molecule has 0 saturated heterocycles. The van der Waals surface area contributed by atoms with E-state index in [2.05, 4.69) is 24.8 Å². The minimum Gasteiger partial charge on any atom is -0.383 e. The molecule has 0 radical (unpaired) electrons. The van der Waals surface area contributed by atoms with Crippen LogP contribution in [0.1, 0.15) is 37.2 Å². The van der Waals surface area contributed by atoms with Crippen LogP contribution in [0.25, 0.3) is 0 Å². The first-order chi connectivity index (χ1) is 8.80. The molecule has 0 amide bonds. The number of hydrogen-bond donors (Lipinski definition) is 0. The van der Waals surface area contributed by atoms with Crippen LogP contribution in [0.2, 0.25) is 0 Å². The highest BCUT2D eigenvalue weighted by Crippen LogP contribution is 2.28. The number of aromatic nitrogens is 1. The Morgan fingerprint density at radius 2 is 2.17 bits per heavy atom. The SMILES string of the molecule is CCc1cc2c(nc1CC)CCCN2CCOC. The molecular formula is C15H24N2O. The zero-order valence-corrected chi connectivity index (χ0v) is 11.8. The van der Waals surface area contributed by atoms with E-state index in [0.29, 0.717) is 0 Å². The van der Waals surface area contributed by atoms with E-state index in [9.17, 15) is 0 Å². The fourth-order valence-electron chi connectivity index (χ4n) is 2.69. The summed E-state index contributed by atoms with van der Waals surface area (Å²) in [6.45, 7) is 7.30. The first kappa shape index (κ1) is 13.3. The number of fused-ring (bicyclic) bond motifs is 1. The molecule has 18 heavy (non-hydrogen) atoms. The molecule has 1 aliphatic heterocycles. The number of methoxy groups -OCH3 is 1. The van der Waals surface area contributed by atoms with Crippen LogP contribution in [0.4, 0.5) is 5.69 Å². The summed E-state index contributed by atoms with van der Waals surface area (Å²) in [7, 11) is 1.76. The van der Waals surface area contributed by atoms with Crippen molar-refractivity contribution in [1.29, 1.82) is 0 Å². The molecular weight excluding hydrogens is 224 g/mol. The monoisotopic (exact) mass is 248 g/mol. The molecule has 0 N–H and O–H groups in total. The summed E-state index contributed by atoms with van der Waals surface area (Å²) < 4.78 is 5.20. The lowest BCUT2D eigenvalue weighted by Gasteiger charge is -2.31. The lowest BCUT2D eigenvalue weighted by Crippen LogP contribution is -2.33. The Hall–Kier alpha value is -1.09. The molecule has 0 fully saturated rings. The molecule has 0 bridgehead atoms. The van der Waals surface area contributed by atoms with Gasteiger partial charge in [0.15, 0.2) is 0 Å². The maximum absolute atomic E-state index is 5.20. The summed E-state index contributed by atoms with van der Waals surface area (Å²) in [5.41, 5.74) is 5.31. The van der Waals surface area contributed by atoms with Crippen LogP contribution in [-0.4, -0.2) is 31.8 Å². The molecule has 3 heteroatoms. The van der Waals surface area contributed by atoms with E-state index in [1.807, 2.05) is 0 Å². The standard InChI is InChI=1S/C15H24N2O/c1-4-12-11-15-14(16-13(12)5-2)7-6-8-17(15)9-10-18-3/h11H,4-10H2,1-3H3. The Labute approximate surface area is 110 Å². The van der Waals surface area contributed by atoms with Crippen LogP contribution in [0, 0.1) is 0 Å². The zero-order valence-electron chi connectivity index (χ0n) is 11.8. The third-order valence-electron chi connectivity index (χ3n) is 3.71. The van der Waals surface area contributed by atoms with Crippen molar-refractivity contribution >= 4 is 5.69 Å². The molecule has 0 atom stereocenters. The number of nitrogens with zero attached hydrogens (tertiary/aromatic N) is 2. The van der Waals surface area contributed by atoms with Crippen molar-refractivity contribution in [2.75, 3.05) is 31.7 Å². The van der Waals surface area contributed by atoms with E-state index < -0.39 is 0 Å². The highest BCUT2D eigenvalue weighted by molar-refractivity contribution is 5.55. The second-order valence-electron chi connectivity index (χ2n) is 4.85. The van der Waals surface area contributed by atoms with Gasteiger partial charge in [0, 0.05) is 25.9 Å². The van der Waals surface area contributed by atoms with E-state index in [1.54, 1.807) is 7.11 Å². The molecule has 0 saturated carbocycles. The normalized spacial score (nSPS) is 14.7. The van der Waals surface area contributed by atoms with Gasteiger partial charge in [0.1, 0.15) is 0 Å². The number of ether oxygens (including phenoxy) is 1. The van der Waals surface area contributed by atoms with Gasteiger partial charge in [0.25, 0.3) is 0 Å². The molecule has 3 nitrogen and oxygen atoms in total. The average molecular weight is 248 g/mol. The second kappa shape index (κ2) is 6.19. The summed E-state index contributed by atoms with van der Waals surface area (Å²) in [5.74, 6) is 0. The fraction of sp³-hybridized carbons (Fsp3) is 0.667. The highest BCUT2D eigenvalue weighted by Gasteiger charge is 2.19.